The number of aromatic nitrogens is 1. The van der Waals surface area contributed by atoms with Gasteiger partial charge in [0.15, 0.2) is 9.84 Å². The van der Waals surface area contributed by atoms with Crippen molar-refractivity contribution in [2.24, 2.45) is 0 Å². The predicted octanol–water partition coefficient (Wildman–Crippen LogP) is 5.41. The van der Waals surface area contributed by atoms with Crippen LogP contribution in [0.3, 0.4) is 0 Å². The molecular formula is C36H39N5O8S. The van der Waals surface area contributed by atoms with Crippen LogP contribution in [0.25, 0.3) is 10.8 Å². The molecule has 4 aromatic rings. The number of alkyl carbamates (subject to hydrolysis) is 1. The van der Waals surface area contributed by atoms with E-state index in [2.05, 4.69) is 20.9 Å². The summed E-state index contributed by atoms with van der Waals surface area (Å²) < 4.78 is 37.7. The molecule has 3 aliphatic rings. The van der Waals surface area contributed by atoms with Gasteiger partial charge in [0, 0.05) is 36.6 Å². The molecule has 14 heteroatoms. The quantitative estimate of drug-likeness (QED) is 0.175. The summed E-state index contributed by atoms with van der Waals surface area (Å²) in [4.78, 5) is 56.7. The second kappa shape index (κ2) is 14.6. The Labute approximate surface area is 289 Å². The minimum Gasteiger partial charge on any atom is -0.450 e. The number of hydrogen-bond acceptors (Lipinski definition) is 9. The van der Waals surface area contributed by atoms with Crippen LogP contribution < -0.4 is 21.5 Å². The third-order valence-corrected chi connectivity index (χ3v) is 11.1. The van der Waals surface area contributed by atoms with Crippen LogP contribution >= 0.6 is 0 Å². The molecule has 4 bridgehead atoms. The number of aromatic amines is 1. The monoisotopic (exact) mass is 701 g/mol. The van der Waals surface area contributed by atoms with Gasteiger partial charge >= 0.3 is 12.2 Å². The van der Waals surface area contributed by atoms with Crippen LogP contribution in [-0.2, 0) is 30.7 Å². The number of ether oxygens (including phenoxy) is 2. The first-order valence-corrected chi connectivity index (χ1v) is 18.0. The summed E-state index contributed by atoms with van der Waals surface area (Å²) in [7, 11) is -2.10. The Morgan fingerprint density at radius 3 is 2.50 bits per heavy atom. The molecule has 0 saturated heterocycles. The van der Waals surface area contributed by atoms with Crippen LogP contribution in [0.2, 0.25) is 0 Å². The second-order valence-electron chi connectivity index (χ2n) is 12.5. The second-order valence-corrected chi connectivity index (χ2v) is 14.7. The third kappa shape index (κ3) is 7.75. The molecule has 1 aliphatic carbocycles. The van der Waals surface area contributed by atoms with Gasteiger partial charge < -0.3 is 30.0 Å². The number of anilines is 2. The highest BCUT2D eigenvalue weighted by molar-refractivity contribution is 7.92. The SMILES string of the molecule is CCCCOC(=O)N[C@H]1COC(=O)Nc2ccc(S(=O)(=O)C3CC3)c(c2)CN(C)C(=O)C(Nc2ccc3cc[nH]c(=O)c3c2)c2ccc1cc2. The van der Waals surface area contributed by atoms with Crippen LogP contribution in [0.1, 0.15) is 61.4 Å². The van der Waals surface area contributed by atoms with Gasteiger partial charge in [-0.1, -0.05) is 43.7 Å². The van der Waals surface area contributed by atoms with Gasteiger partial charge in [-0.05, 0) is 77.7 Å². The van der Waals surface area contributed by atoms with Crippen molar-refractivity contribution < 1.29 is 32.3 Å². The maximum atomic E-state index is 14.3. The first-order chi connectivity index (χ1) is 24.0. The van der Waals surface area contributed by atoms with Gasteiger partial charge in [-0.25, -0.2) is 18.0 Å². The number of nitrogens with zero attached hydrogens (tertiary/aromatic N) is 1. The Bertz CT molecular complexity index is 2080. The molecule has 13 nitrogen and oxygen atoms in total. The largest absolute Gasteiger partial charge is 0.450 e. The van der Waals surface area contributed by atoms with Crippen molar-refractivity contribution in [1.82, 2.24) is 15.2 Å². The van der Waals surface area contributed by atoms with Crippen molar-refractivity contribution in [2.45, 2.75) is 61.4 Å². The fourth-order valence-corrected chi connectivity index (χ4v) is 7.71. The van der Waals surface area contributed by atoms with E-state index in [-0.39, 0.29) is 41.8 Å². The van der Waals surface area contributed by atoms with Gasteiger partial charge in [-0.2, -0.15) is 0 Å². The molecule has 2 aliphatic heterocycles. The third-order valence-electron chi connectivity index (χ3n) is 8.77. The normalized spacial score (nSPS) is 18.3. The topological polar surface area (TPSA) is 176 Å². The Balaban J connectivity index is 1.39. The van der Waals surface area contributed by atoms with Gasteiger partial charge in [0.05, 0.1) is 22.8 Å². The van der Waals surface area contributed by atoms with E-state index in [1.807, 2.05) is 6.92 Å². The van der Waals surface area contributed by atoms with Gasteiger partial charge in [0.25, 0.3) is 5.56 Å². The summed E-state index contributed by atoms with van der Waals surface area (Å²) in [6.45, 7) is 1.88. The molecule has 1 saturated carbocycles. The maximum absolute atomic E-state index is 14.3. The van der Waals surface area contributed by atoms with Crippen LogP contribution in [0.15, 0.2) is 82.6 Å². The van der Waals surface area contributed by atoms with Crippen LogP contribution in [0.4, 0.5) is 21.0 Å². The van der Waals surface area contributed by atoms with Crippen LogP contribution in [0, 0.1) is 0 Å². The molecule has 1 aromatic heterocycles. The molecule has 50 heavy (non-hydrogen) atoms. The number of H-pyrrole nitrogens is 1. The van der Waals surface area contributed by atoms with E-state index in [1.165, 1.54) is 23.1 Å². The summed E-state index contributed by atoms with van der Waals surface area (Å²) in [6, 6.07) is 16.6. The predicted molar refractivity (Wildman–Crippen MR) is 188 cm³/mol. The standard InChI is InChI=1S/C36H39N5O8S/c1-3-4-17-48-36(45)40-30-21-49-35(44)39-26-11-14-31(50(46,47)28-12-13-28)25(18-26)20-41(2)34(43)32(24-7-5-23(30)6-8-24)38-27-10-9-22-15-16-37-33(42)29(22)19-27/h5-11,14-16,18-19,28,30,32,38H,3-4,12-13,17,20-21H2,1-2H3,(H,37,42)(H,39,44)(H,40,45)/t30-,32?/m0/s1. The molecule has 1 fully saturated rings. The lowest BCUT2D eigenvalue weighted by molar-refractivity contribution is -0.131. The fraction of sp³-hybridized carbons (Fsp3) is 0.333. The number of carbonyl (C=O) groups excluding carboxylic acids is 3. The summed E-state index contributed by atoms with van der Waals surface area (Å²) in [5.41, 5.74) is 2.00. The lowest BCUT2D eigenvalue weighted by Crippen LogP contribution is -2.36. The van der Waals surface area contributed by atoms with Crippen molar-refractivity contribution >= 4 is 50.1 Å². The highest BCUT2D eigenvalue weighted by Gasteiger charge is 2.38. The number of unbranched alkanes of at least 4 members (excludes halogenated alkanes) is 1. The van der Waals surface area contributed by atoms with E-state index in [9.17, 15) is 27.6 Å². The van der Waals surface area contributed by atoms with Crippen molar-refractivity contribution in [3.8, 4) is 0 Å². The Hall–Kier alpha value is -5.37. The summed E-state index contributed by atoms with van der Waals surface area (Å²) >= 11 is 0. The first kappa shape index (κ1) is 34.5. The fourth-order valence-electron chi connectivity index (χ4n) is 5.85. The number of pyridine rings is 1. The van der Waals surface area contributed by atoms with E-state index in [0.717, 1.165) is 11.8 Å². The molecule has 2 atom stereocenters. The molecular weight excluding hydrogens is 662 g/mol. The minimum atomic E-state index is -3.67. The molecule has 4 N–H and O–H groups in total. The van der Waals surface area contributed by atoms with Crippen LogP contribution in [0.5, 0.6) is 0 Å². The van der Waals surface area contributed by atoms with Gasteiger partial charge in [0.1, 0.15) is 12.6 Å². The van der Waals surface area contributed by atoms with E-state index < -0.39 is 39.4 Å². The van der Waals surface area contributed by atoms with E-state index in [1.54, 1.807) is 61.8 Å². The van der Waals surface area contributed by atoms with Crippen molar-refractivity contribution in [3.63, 3.8) is 0 Å². The van der Waals surface area contributed by atoms with Crippen LogP contribution in [-0.4, -0.2) is 61.9 Å². The van der Waals surface area contributed by atoms with Gasteiger partial charge in [-0.3, -0.25) is 14.9 Å². The molecule has 0 spiro atoms. The van der Waals surface area contributed by atoms with E-state index in [0.29, 0.717) is 47.0 Å². The first-order valence-electron chi connectivity index (χ1n) is 16.5. The Morgan fingerprint density at radius 2 is 1.76 bits per heavy atom. The number of rotatable bonds is 8. The van der Waals surface area contributed by atoms with Gasteiger partial charge in [-0.15, -0.1) is 0 Å². The number of benzene rings is 3. The molecule has 3 heterocycles. The zero-order chi connectivity index (χ0) is 35.4. The summed E-state index contributed by atoms with van der Waals surface area (Å²) in [6.07, 6.45) is 2.72. The number of amides is 3. The highest BCUT2D eigenvalue weighted by Crippen LogP contribution is 2.36. The number of fused-ring (bicyclic) bond motifs is 10. The number of likely N-dealkylation sites (N-methyl/N-ethyl adjacent to an activating group) is 1. The zero-order valence-corrected chi connectivity index (χ0v) is 28.5. The number of carbonyl (C=O) groups is 3. The van der Waals surface area contributed by atoms with Crippen molar-refractivity contribution in [2.75, 3.05) is 30.9 Å². The van der Waals surface area contributed by atoms with Crippen molar-refractivity contribution in [3.05, 3.63) is 100.0 Å². The summed E-state index contributed by atoms with van der Waals surface area (Å²) in [5, 5.41) is 9.36. The lowest BCUT2D eigenvalue weighted by Gasteiger charge is -2.27. The molecule has 0 radical (unpaired) electrons. The van der Waals surface area contributed by atoms with E-state index in [4.69, 9.17) is 9.47 Å². The molecule has 3 amide bonds. The smallest absolute Gasteiger partial charge is 0.411 e. The maximum Gasteiger partial charge on any atom is 0.411 e. The number of hydrogen-bond donors (Lipinski definition) is 4. The highest BCUT2D eigenvalue weighted by atomic mass is 32.2. The van der Waals surface area contributed by atoms with Crippen molar-refractivity contribution in [1.29, 1.82) is 0 Å². The summed E-state index contributed by atoms with van der Waals surface area (Å²) in [5.74, 6) is -0.381. The average molecular weight is 702 g/mol. The number of sulfone groups is 1. The molecule has 262 valence electrons. The average Bonchev–Trinajstić information content (AvgIpc) is 3.96. The molecule has 7 rings (SSSR count). The lowest BCUT2D eigenvalue weighted by atomic mass is 9.99. The molecule has 3 aromatic carbocycles. The Kier molecular flexibility index (Phi) is 10.1. The van der Waals surface area contributed by atoms with E-state index >= 15 is 0 Å². The zero-order valence-electron chi connectivity index (χ0n) is 27.7. The number of nitrogens with one attached hydrogen (secondary N) is 4. The minimum absolute atomic E-state index is 0.0789. The molecule has 1 unspecified atom stereocenters. The Morgan fingerprint density at radius 1 is 1.00 bits per heavy atom. The van der Waals surface area contributed by atoms with Gasteiger partial charge in [0.2, 0.25) is 5.91 Å².